The minimum absolute atomic E-state index is 1.19. The van der Waals surface area contributed by atoms with Gasteiger partial charge in [-0.3, -0.25) is 0 Å². The van der Waals surface area contributed by atoms with Gasteiger partial charge in [0.1, 0.15) is 5.82 Å². The van der Waals surface area contributed by atoms with Gasteiger partial charge in [-0.2, -0.15) is 0 Å². The van der Waals surface area contributed by atoms with Gasteiger partial charge in [0.15, 0.2) is 0 Å². The molecular weight excluding hydrogens is 112 g/mol. The first-order valence-electron chi connectivity index (χ1n) is 3.03. The van der Waals surface area contributed by atoms with Crippen LogP contribution < -0.4 is 4.90 Å². The molecule has 0 spiro atoms. The van der Waals surface area contributed by atoms with Crippen molar-refractivity contribution in [3.8, 4) is 0 Å². The highest BCUT2D eigenvalue weighted by Crippen LogP contribution is 2.12. The summed E-state index contributed by atoms with van der Waals surface area (Å²) in [6, 6.07) is 2.06. The first-order valence-corrected chi connectivity index (χ1v) is 3.03. The molecule has 1 aromatic heterocycles. The van der Waals surface area contributed by atoms with Crippen LogP contribution >= 0.6 is 0 Å². The molecule has 1 N–H and O–H groups in total. The van der Waals surface area contributed by atoms with Gasteiger partial charge in [0, 0.05) is 20.3 Å². The zero-order chi connectivity index (χ0) is 6.85. The number of hydrogen-bond donors (Lipinski definition) is 1. The summed E-state index contributed by atoms with van der Waals surface area (Å²) in [7, 11) is 4.05. The Morgan fingerprint density at radius 3 is 2.33 bits per heavy atom. The van der Waals surface area contributed by atoms with Crippen molar-refractivity contribution in [3.63, 3.8) is 0 Å². The summed E-state index contributed by atoms with van der Waals surface area (Å²) in [6.07, 6.45) is 1.95. The molecule has 2 nitrogen and oxygen atoms in total. The van der Waals surface area contributed by atoms with Crippen molar-refractivity contribution in [1.82, 2.24) is 4.98 Å². The van der Waals surface area contributed by atoms with E-state index >= 15 is 0 Å². The first-order chi connectivity index (χ1) is 4.22. The van der Waals surface area contributed by atoms with Gasteiger partial charge >= 0.3 is 0 Å². The van der Waals surface area contributed by atoms with Crippen LogP contribution in [0.2, 0.25) is 0 Å². The Morgan fingerprint density at radius 2 is 2.11 bits per heavy atom. The van der Waals surface area contributed by atoms with E-state index in [9.17, 15) is 0 Å². The molecule has 9 heavy (non-hydrogen) atoms. The molecule has 1 rings (SSSR count). The summed E-state index contributed by atoms with van der Waals surface area (Å²) in [5, 5.41) is 0. The Bertz CT molecular complexity index is 189. The van der Waals surface area contributed by atoms with Gasteiger partial charge in [0.05, 0.1) is 0 Å². The Labute approximate surface area is 55.5 Å². The van der Waals surface area contributed by atoms with E-state index in [1.807, 2.05) is 20.3 Å². The Morgan fingerprint density at radius 1 is 1.44 bits per heavy atom. The zero-order valence-corrected chi connectivity index (χ0v) is 6.10. The second-order valence-corrected chi connectivity index (χ2v) is 2.40. The Kier molecular flexibility index (Phi) is 1.47. The van der Waals surface area contributed by atoms with Crippen molar-refractivity contribution in [3.05, 3.63) is 17.8 Å². The van der Waals surface area contributed by atoms with Gasteiger partial charge in [-0.1, -0.05) is 0 Å². The van der Waals surface area contributed by atoms with Crippen LogP contribution in [0.4, 0.5) is 5.82 Å². The van der Waals surface area contributed by atoms with Gasteiger partial charge in [-0.05, 0) is 18.6 Å². The molecule has 0 aliphatic rings. The van der Waals surface area contributed by atoms with E-state index in [0.29, 0.717) is 0 Å². The Hall–Kier alpha value is -0.920. The minimum atomic E-state index is 1.19. The lowest BCUT2D eigenvalue weighted by Gasteiger charge is -2.10. The lowest BCUT2D eigenvalue weighted by atomic mass is 10.3. The van der Waals surface area contributed by atoms with E-state index in [1.165, 1.54) is 11.4 Å². The fourth-order valence-corrected chi connectivity index (χ4v) is 0.920. The van der Waals surface area contributed by atoms with E-state index < -0.39 is 0 Å². The summed E-state index contributed by atoms with van der Waals surface area (Å²) in [4.78, 5) is 5.20. The van der Waals surface area contributed by atoms with Gasteiger partial charge in [0.2, 0.25) is 0 Å². The second kappa shape index (κ2) is 2.13. The first kappa shape index (κ1) is 6.20. The lowest BCUT2D eigenvalue weighted by molar-refractivity contribution is 1.07. The summed E-state index contributed by atoms with van der Waals surface area (Å²) in [5.41, 5.74) is 1.29. The molecule has 0 radical (unpaired) electrons. The van der Waals surface area contributed by atoms with Crippen LogP contribution in [0, 0.1) is 6.92 Å². The van der Waals surface area contributed by atoms with E-state index in [4.69, 9.17) is 0 Å². The van der Waals surface area contributed by atoms with Gasteiger partial charge in [0.25, 0.3) is 0 Å². The van der Waals surface area contributed by atoms with E-state index in [-0.39, 0.29) is 0 Å². The van der Waals surface area contributed by atoms with Gasteiger partial charge < -0.3 is 9.88 Å². The number of rotatable bonds is 1. The predicted octanol–water partition coefficient (Wildman–Crippen LogP) is 1.39. The van der Waals surface area contributed by atoms with Crippen LogP contribution in [0.1, 0.15) is 5.56 Å². The van der Waals surface area contributed by atoms with Crippen LogP contribution in [0.25, 0.3) is 0 Å². The maximum absolute atomic E-state index is 3.13. The van der Waals surface area contributed by atoms with E-state index in [1.54, 1.807) is 0 Å². The van der Waals surface area contributed by atoms with Crippen LogP contribution in [-0.2, 0) is 0 Å². The Balaban J connectivity index is 2.94. The fourth-order valence-electron chi connectivity index (χ4n) is 0.920. The van der Waals surface area contributed by atoms with Crippen molar-refractivity contribution < 1.29 is 0 Å². The third kappa shape index (κ3) is 1.07. The quantitative estimate of drug-likeness (QED) is 0.599. The molecule has 0 amide bonds. The average Bonchev–Trinajstić information content (AvgIpc) is 2.13. The smallest absolute Gasteiger partial charge is 0.108 e. The number of nitrogens with zero attached hydrogens (tertiary/aromatic N) is 1. The van der Waals surface area contributed by atoms with Crippen molar-refractivity contribution in [2.45, 2.75) is 6.92 Å². The van der Waals surface area contributed by atoms with Crippen LogP contribution in [0.5, 0.6) is 0 Å². The number of H-pyrrole nitrogens is 1. The highest BCUT2D eigenvalue weighted by atomic mass is 15.1. The highest BCUT2D eigenvalue weighted by Gasteiger charge is 1.97. The normalized spacial score (nSPS) is 9.67. The molecule has 0 saturated heterocycles. The lowest BCUT2D eigenvalue weighted by Crippen LogP contribution is -2.09. The molecular formula is C7H12N2. The molecule has 50 valence electrons. The topological polar surface area (TPSA) is 19.0 Å². The molecule has 0 saturated carbocycles. The van der Waals surface area contributed by atoms with E-state index in [2.05, 4.69) is 22.9 Å². The largest absolute Gasteiger partial charge is 0.364 e. The molecule has 0 aliphatic carbocycles. The third-order valence-electron chi connectivity index (χ3n) is 1.37. The monoisotopic (exact) mass is 124 g/mol. The number of hydrogen-bond acceptors (Lipinski definition) is 1. The SMILES string of the molecule is Cc1cc[nH]c1N(C)C. The molecule has 0 unspecified atom stereocenters. The summed E-state index contributed by atoms with van der Waals surface area (Å²) in [5.74, 6) is 1.19. The van der Waals surface area contributed by atoms with Crippen molar-refractivity contribution in [2.75, 3.05) is 19.0 Å². The molecule has 0 fully saturated rings. The maximum atomic E-state index is 3.13. The van der Waals surface area contributed by atoms with Crippen molar-refractivity contribution in [1.29, 1.82) is 0 Å². The zero-order valence-electron chi connectivity index (χ0n) is 6.10. The maximum Gasteiger partial charge on any atom is 0.108 e. The predicted molar refractivity (Wildman–Crippen MR) is 39.9 cm³/mol. The van der Waals surface area contributed by atoms with E-state index in [0.717, 1.165) is 0 Å². The summed E-state index contributed by atoms with van der Waals surface area (Å²) >= 11 is 0. The number of aromatic amines is 1. The molecule has 0 aliphatic heterocycles. The second-order valence-electron chi connectivity index (χ2n) is 2.40. The number of aromatic nitrogens is 1. The van der Waals surface area contributed by atoms with Crippen LogP contribution in [0.15, 0.2) is 12.3 Å². The van der Waals surface area contributed by atoms with Gasteiger partial charge in [-0.25, -0.2) is 0 Å². The van der Waals surface area contributed by atoms with Crippen molar-refractivity contribution >= 4 is 5.82 Å². The molecule has 2 heteroatoms. The molecule has 0 atom stereocenters. The number of nitrogens with one attached hydrogen (secondary N) is 1. The van der Waals surface area contributed by atoms with Gasteiger partial charge in [-0.15, -0.1) is 0 Å². The highest BCUT2D eigenvalue weighted by molar-refractivity contribution is 5.44. The third-order valence-corrected chi connectivity index (χ3v) is 1.37. The molecule has 0 aromatic carbocycles. The molecule has 1 heterocycles. The average molecular weight is 124 g/mol. The fraction of sp³-hybridized carbons (Fsp3) is 0.429. The van der Waals surface area contributed by atoms with Crippen LogP contribution in [0.3, 0.4) is 0 Å². The number of aryl methyl sites for hydroxylation is 1. The molecule has 1 aromatic rings. The summed E-state index contributed by atoms with van der Waals surface area (Å²) in [6.45, 7) is 2.09. The standard InChI is InChI=1S/C7H12N2/c1-6-4-5-8-7(6)9(2)3/h4-5,8H,1-3H3. The van der Waals surface area contributed by atoms with Crippen LogP contribution in [-0.4, -0.2) is 19.1 Å². The number of anilines is 1. The minimum Gasteiger partial charge on any atom is -0.364 e. The van der Waals surface area contributed by atoms with Crippen molar-refractivity contribution in [2.24, 2.45) is 0 Å². The molecule has 0 bridgehead atoms. The summed E-state index contributed by atoms with van der Waals surface area (Å²) < 4.78 is 0.